The second-order valence-electron chi connectivity index (χ2n) is 3.05. The molecular weight excluding hydrogens is 196 g/mol. The van der Waals surface area contributed by atoms with Gasteiger partial charge in [0.25, 0.3) is 0 Å². The van der Waals surface area contributed by atoms with E-state index in [1.165, 1.54) is 5.56 Å². The third-order valence-electron chi connectivity index (χ3n) is 1.93. The summed E-state index contributed by atoms with van der Waals surface area (Å²) in [7, 11) is 0. The fourth-order valence-electron chi connectivity index (χ4n) is 1.31. The SMILES string of the molecule is Clc1cc(Cc2ccccc2)cnn1. The summed E-state index contributed by atoms with van der Waals surface area (Å²) >= 11 is 5.74. The lowest BCUT2D eigenvalue weighted by atomic mass is 10.1. The Bertz CT molecular complexity index is 415. The van der Waals surface area contributed by atoms with Crippen LogP contribution in [-0.4, -0.2) is 10.2 Å². The van der Waals surface area contributed by atoms with Crippen molar-refractivity contribution >= 4 is 11.6 Å². The molecule has 2 rings (SSSR count). The van der Waals surface area contributed by atoms with Gasteiger partial charge in [-0.2, -0.15) is 5.10 Å². The molecule has 0 bridgehead atoms. The van der Waals surface area contributed by atoms with E-state index >= 15 is 0 Å². The monoisotopic (exact) mass is 204 g/mol. The van der Waals surface area contributed by atoms with Gasteiger partial charge in [-0.15, -0.1) is 5.10 Å². The maximum atomic E-state index is 5.74. The molecule has 0 aliphatic heterocycles. The van der Waals surface area contributed by atoms with Crippen molar-refractivity contribution in [1.29, 1.82) is 0 Å². The first-order chi connectivity index (χ1) is 6.84. The molecule has 0 N–H and O–H groups in total. The van der Waals surface area contributed by atoms with Gasteiger partial charge < -0.3 is 0 Å². The second-order valence-corrected chi connectivity index (χ2v) is 3.44. The van der Waals surface area contributed by atoms with Crippen molar-refractivity contribution in [2.75, 3.05) is 0 Å². The highest BCUT2D eigenvalue weighted by Gasteiger charge is 1.97. The molecule has 0 saturated carbocycles. The predicted octanol–water partition coefficient (Wildman–Crippen LogP) is 2.72. The summed E-state index contributed by atoms with van der Waals surface area (Å²) in [6.07, 6.45) is 2.58. The second kappa shape index (κ2) is 4.20. The van der Waals surface area contributed by atoms with Gasteiger partial charge in [0.2, 0.25) is 0 Å². The summed E-state index contributed by atoms with van der Waals surface area (Å²) in [5, 5.41) is 7.94. The van der Waals surface area contributed by atoms with Crippen LogP contribution in [0.4, 0.5) is 0 Å². The predicted molar refractivity (Wildman–Crippen MR) is 56.3 cm³/mol. The third kappa shape index (κ3) is 2.30. The minimum absolute atomic E-state index is 0.443. The summed E-state index contributed by atoms with van der Waals surface area (Å²) in [5.41, 5.74) is 2.33. The van der Waals surface area contributed by atoms with Gasteiger partial charge in [-0.3, -0.25) is 0 Å². The largest absolute Gasteiger partial charge is 0.157 e. The van der Waals surface area contributed by atoms with E-state index in [-0.39, 0.29) is 0 Å². The van der Waals surface area contributed by atoms with Crippen LogP contribution >= 0.6 is 11.6 Å². The zero-order chi connectivity index (χ0) is 9.80. The first-order valence-corrected chi connectivity index (χ1v) is 4.73. The molecule has 1 aromatic heterocycles. The quantitative estimate of drug-likeness (QED) is 0.752. The molecule has 2 nitrogen and oxygen atoms in total. The molecule has 0 unspecified atom stereocenters. The van der Waals surface area contributed by atoms with E-state index in [1.54, 1.807) is 6.20 Å². The number of halogens is 1. The molecule has 14 heavy (non-hydrogen) atoms. The van der Waals surface area contributed by atoms with E-state index in [1.807, 2.05) is 24.3 Å². The maximum Gasteiger partial charge on any atom is 0.151 e. The Labute approximate surface area is 87.6 Å². The van der Waals surface area contributed by atoms with Crippen molar-refractivity contribution in [3.8, 4) is 0 Å². The Morgan fingerprint density at radius 1 is 1.07 bits per heavy atom. The molecule has 0 atom stereocenters. The highest BCUT2D eigenvalue weighted by Crippen LogP contribution is 2.10. The van der Waals surface area contributed by atoms with Gasteiger partial charge in [0.1, 0.15) is 0 Å². The molecule has 3 heteroatoms. The fraction of sp³-hybridized carbons (Fsp3) is 0.0909. The highest BCUT2D eigenvalue weighted by molar-refractivity contribution is 6.29. The Kier molecular flexibility index (Phi) is 2.75. The smallest absolute Gasteiger partial charge is 0.151 e. The Morgan fingerprint density at radius 3 is 2.57 bits per heavy atom. The van der Waals surface area contributed by atoms with Crippen LogP contribution in [0.5, 0.6) is 0 Å². The molecule has 0 fully saturated rings. The molecule has 0 saturated heterocycles. The van der Waals surface area contributed by atoms with Crippen molar-refractivity contribution in [3.05, 3.63) is 58.9 Å². The summed E-state index contributed by atoms with van der Waals surface area (Å²) in [6.45, 7) is 0. The molecular formula is C11H9ClN2. The average molecular weight is 205 g/mol. The molecule has 1 heterocycles. The maximum absolute atomic E-state index is 5.74. The highest BCUT2D eigenvalue weighted by atomic mass is 35.5. The van der Waals surface area contributed by atoms with Crippen LogP contribution in [0.25, 0.3) is 0 Å². The zero-order valence-corrected chi connectivity index (χ0v) is 8.28. The van der Waals surface area contributed by atoms with Gasteiger partial charge in [-0.1, -0.05) is 41.9 Å². The zero-order valence-electron chi connectivity index (χ0n) is 7.52. The van der Waals surface area contributed by atoms with Gasteiger partial charge in [-0.05, 0) is 23.6 Å². The normalized spacial score (nSPS) is 10.1. The molecule has 0 amide bonds. The first kappa shape index (κ1) is 9.16. The van der Waals surface area contributed by atoms with Crippen LogP contribution in [-0.2, 0) is 6.42 Å². The van der Waals surface area contributed by atoms with Crippen LogP contribution in [0.1, 0.15) is 11.1 Å². The van der Waals surface area contributed by atoms with Crippen molar-refractivity contribution in [3.63, 3.8) is 0 Å². The van der Waals surface area contributed by atoms with E-state index in [4.69, 9.17) is 11.6 Å². The number of nitrogens with zero attached hydrogens (tertiary/aromatic N) is 2. The number of aromatic nitrogens is 2. The molecule has 0 aliphatic rings. The summed E-state index contributed by atoms with van der Waals surface area (Å²) in [4.78, 5) is 0. The number of hydrogen-bond acceptors (Lipinski definition) is 2. The molecule has 0 aliphatic carbocycles. The molecule has 1 aromatic carbocycles. The molecule has 0 spiro atoms. The fourth-order valence-corrected chi connectivity index (χ4v) is 1.49. The lowest BCUT2D eigenvalue weighted by molar-refractivity contribution is 0.994. The Balaban J connectivity index is 2.19. The van der Waals surface area contributed by atoms with Crippen LogP contribution in [0.15, 0.2) is 42.6 Å². The van der Waals surface area contributed by atoms with Gasteiger partial charge >= 0.3 is 0 Å². The van der Waals surface area contributed by atoms with Crippen molar-refractivity contribution < 1.29 is 0 Å². The minimum atomic E-state index is 0.443. The van der Waals surface area contributed by atoms with Crippen molar-refractivity contribution in [2.24, 2.45) is 0 Å². The summed E-state index contributed by atoms with van der Waals surface area (Å²) in [5.74, 6) is 0. The van der Waals surface area contributed by atoms with Crippen LogP contribution in [0, 0.1) is 0 Å². The Morgan fingerprint density at radius 2 is 1.86 bits per heavy atom. The summed E-state index contributed by atoms with van der Waals surface area (Å²) in [6, 6.07) is 12.0. The van der Waals surface area contributed by atoms with E-state index in [0.717, 1.165) is 12.0 Å². The molecule has 70 valence electrons. The van der Waals surface area contributed by atoms with E-state index in [9.17, 15) is 0 Å². The van der Waals surface area contributed by atoms with E-state index in [0.29, 0.717) is 5.15 Å². The average Bonchev–Trinajstić information content (AvgIpc) is 2.19. The Hall–Kier alpha value is -1.41. The van der Waals surface area contributed by atoms with Crippen LogP contribution in [0.2, 0.25) is 5.15 Å². The first-order valence-electron chi connectivity index (χ1n) is 4.35. The number of rotatable bonds is 2. The lowest BCUT2D eigenvalue weighted by Gasteiger charge is -2.00. The number of benzene rings is 1. The van der Waals surface area contributed by atoms with Gasteiger partial charge in [0, 0.05) is 0 Å². The summed E-state index contributed by atoms with van der Waals surface area (Å²) < 4.78 is 0. The van der Waals surface area contributed by atoms with Crippen LogP contribution < -0.4 is 0 Å². The van der Waals surface area contributed by atoms with Crippen LogP contribution in [0.3, 0.4) is 0 Å². The standard InChI is InChI=1S/C11H9ClN2/c12-11-7-10(8-13-14-11)6-9-4-2-1-3-5-9/h1-5,7-8H,6H2. The van der Waals surface area contributed by atoms with Crippen molar-refractivity contribution in [1.82, 2.24) is 10.2 Å². The van der Waals surface area contributed by atoms with Gasteiger partial charge in [0.05, 0.1) is 6.20 Å². The van der Waals surface area contributed by atoms with Gasteiger partial charge in [0.15, 0.2) is 5.15 Å². The van der Waals surface area contributed by atoms with E-state index in [2.05, 4.69) is 22.3 Å². The van der Waals surface area contributed by atoms with Gasteiger partial charge in [-0.25, -0.2) is 0 Å². The van der Waals surface area contributed by atoms with Crippen molar-refractivity contribution in [2.45, 2.75) is 6.42 Å². The molecule has 0 radical (unpaired) electrons. The molecule has 2 aromatic rings. The number of hydrogen-bond donors (Lipinski definition) is 0. The third-order valence-corrected chi connectivity index (χ3v) is 2.12. The van der Waals surface area contributed by atoms with E-state index < -0.39 is 0 Å². The minimum Gasteiger partial charge on any atom is -0.157 e. The lowest BCUT2D eigenvalue weighted by Crippen LogP contribution is -1.90. The topological polar surface area (TPSA) is 25.8 Å².